The molecule has 1 aromatic rings. The second-order valence-corrected chi connectivity index (χ2v) is 5.25. The molecule has 0 bridgehead atoms. The fourth-order valence-corrected chi connectivity index (χ4v) is 2.07. The molecule has 19 heavy (non-hydrogen) atoms. The first-order valence-corrected chi connectivity index (χ1v) is 7.26. The highest BCUT2D eigenvalue weighted by Gasteiger charge is 2.14. The molecule has 0 aliphatic heterocycles. The number of benzene rings is 1. The van der Waals surface area contributed by atoms with Crippen LogP contribution >= 0.6 is 0 Å². The first kappa shape index (κ1) is 16.0. The topological polar surface area (TPSA) is 15.3 Å². The maximum Gasteiger partial charge on any atom is 0.146 e. The minimum atomic E-state index is -0.134. The molecule has 0 aliphatic rings. The molecule has 2 unspecified atom stereocenters. The molecule has 1 N–H and O–H groups in total. The van der Waals surface area contributed by atoms with Crippen LogP contribution < -0.4 is 10.2 Å². The van der Waals surface area contributed by atoms with E-state index in [1.807, 2.05) is 24.1 Å². The molecular formula is C16H27FN2. The van der Waals surface area contributed by atoms with Gasteiger partial charge in [0.15, 0.2) is 0 Å². The molecule has 0 amide bonds. The number of rotatable bonds is 7. The minimum Gasteiger partial charge on any atom is -0.370 e. The average Bonchev–Trinajstić information content (AvgIpc) is 2.42. The van der Waals surface area contributed by atoms with Crippen molar-refractivity contribution in [1.82, 2.24) is 5.32 Å². The lowest BCUT2D eigenvalue weighted by atomic mass is 10.1. The number of nitrogens with zero attached hydrogens (tertiary/aromatic N) is 1. The summed E-state index contributed by atoms with van der Waals surface area (Å²) >= 11 is 0. The highest BCUT2D eigenvalue weighted by Crippen LogP contribution is 2.24. The molecule has 1 rings (SSSR count). The van der Waals surface area contributed by atoms with Crippen LogP contribution in [-0.4, -0.2) is 19.6 Å². The Labute approximate surface area is 117 Å². The standard InChI is InChI=1S/C16H27FN2/c1-6-10-18-13(4)14-8-9-16(15(17)11-14)19(5)12(3)7-2/h8-9,11-13,18H,6-7,10H2,1-5H3. The lowest BCUT2D eigenvalue weighted by molar-refractivity contribution is 0.559. The largest absolute Gasteiger partial charge is 0.370 e. The summed E-state index contributed by atoms with van der Waals surface area (Å²) in [5.41, 5.74) is 1.69. The molecule has 0 spiro atoms. The predicted octanol–water partition coefficient (Wildman–Crippen LogP) is 4.12. The molecule has 0 saturated heterocycles. The van der Waals surface area contributed by atoms with E-state index in [0.717, 1.165) is 24.9 Å². The summed E-state index contributed by atoms with van der Waals surface area (Å²) in [6, 6.07) is 6.10. The lowest BCUT2D eigenvalue weighted by Gasteiger charge is -2.27. The molecule has 108 valence electrons. The highest BCUT2D eigenvalue weighted by molar-refractivity contribution is 5.49. The first-order chi connectivity index (χ1) is 9.01. The Kier molecular flexibility index (Phi) is 6.29. The number of anilines is 1. The van der Waals surface area contributed by atoms with Gasteiger partial charge in [-0.05, 0) is 50.9 Å². The quantitative estimate of drug-likeness (QED) is 0.798. The van der Waals surface area contributed by atoms with Crippen molar-refractivity contribution in [3.8, 4) is 0 Å². The maximum atomic E-state index is 14.2. The first-order valence-electron chi connectivity index (χ1n) is 7.26. The zero-order valence-corrected chi connectivity index (χ0v) is 12.8. The zero-order chi connectivity index (χ0) is 14.4. The molecule has 0 fully saturated rings. The van der Waals surface area contributed by atoms with Crippen molar-refractivity contribution in [3.05, 3.63) is 29.6 Å². The van der Waals surface area contributed by atoms with Gasteiger partial charge >= 0.3 is 0 Å². The van der Waals surface area contributed by atoms with Gasteiger partial charge in [0.25, 0.3) is 0 Å². The second-order valence-electron chi connectivity index (χ2n) is 5.25. The Morgan fingerprint density at radius 1 is 1.26 bits per heavy atom. The van der Waals surface area contributed by atoms with Gasteiger partial charge in [-0.3, -0.25) is 0 Å². The molecule has 0 aliphatic carbocycles. The molecule has 2 atom stereocenters. The van der Waals surface area contributed by atoms with Gasteiger partial charge in [0.2, 0.25) is 0 Å². The highest BCUT2D eigenvalue weighted by atomic mass is 19.1. The van der Waals surface area contributed by atoms with E-state index in [1.54, 1.807) is 6.07 Å². The van der Waals surface area contributed by atoms with Crippen LogP contribution in [-0.2, 0) is 0 Å². The van der Waals surface area contributed by atoms with Crippen LogP contribution in [0.1, 0.15) is 52.1 Å². The zero-order valence-electron chi connectivity index (χ0n) is 12.8. The summed E-state index contributed by atoms with van der Waals surface area (Å²) in [7, 11) is 1.95. The van der Waals surface area contributed by atoms with E-state index in [0.29, 0.717) is 11.7 Å². The molecule has 0 radical (unpaired) electrons. The van der Waals surface area contributed by atoms with Gasteiger partial charge in [-0.25, -0.2) is 4.39 Å². The molecule has 3 heteroatoms. The van der Waals surface area contributed by atoms with Gasteiger partial charge in [-0.2, -0.15) is 0 Å². The van der Waals surface area contributed by atoms with Crippen molar-refractivity contribution in [2.45, 2.75) is 52.6 Å². The number of hydrogen-bond donors (Lipinski definition) is 1. The van der Waals surface area contributed by atoms with Crippen LogP contribution in [0, 0.1) is 5.82 Å². The second kappa shape index (κ2) is 7.49. The molecular weight excluding hydrogens is 239 g/mol. The maximum absolute atomic E-state index is 14.2. The van der Waals surface area contributed by atoms with Crippen molar-refractivity contribution < 1.29 is 4.39 Å². The Hall–Kier alpha value is -1.09. The van der Waals surface area contributed by atoms with Crippen LogP contribution in [0.25, 0.3) is 0 Å². The van der Waals surface area contributed by atoms with Crippen LogP contribution in [0.2, 0.25) is 0 Å². The van der Waals surface area contributed by atoms with Crippen molar-refractivity contribution >= 4 is 5.69 Å². The van der Waals surface area contributed by atoms with Crippen molar-refractivity contribution in [2.24, 2.45) is 0 Å². The monoisotopic (exact) mass is 266 g/mol. The van der Waals surface area contributed by atoms with E-state index < -0.39 is 0 Å². The van der Waals surface area contributed by atoms with Gasteiger partial charge < -0.3 is 10.2 Å². The predicted molar refractivity (Wildman–Crippen MR) is 81.3 cm³/mol. The van der Waals surface area contributed by atoms with E-state index in [-0.39, 0.29) is 11.9 Å². The Balaban J connectivity index is 2.85. The van der Waals surface area contributed by atoms with Crippen LogP contribution in [0.5, 0.6) is 0 Å². The molecule has 1 aromatic carbocycles. The summed E-state index contributed by atoms with van der Waals surface area (Å²) in [5.74, 6) is -0.134. The lowest BCUT2D eigenvalue weighted by Crippen LogP contribution is -2.29. The van der Waals surface area contributed by atoms with Crippen LogP contribution in [0.15, 0.2) is 18.2 Å². The normalized spacial score (nSPS) is 14.2. The number of hydrogen-bond acceptors (Lipinski definition) is 2. The van der Waals surface area contributed by atoms with Gasteiger partial charge in [0, 0.05) is 19.1 Å². The van der Waals surface area contributed by atoms with E-state index in [1.165, 1.54) is 0 Å². The van der Waals surface area contributed by atoms with Crippen LogP contribution in [0.4, 0.5) is 10.1 Å². The minimum absolute atomic E-state index is 0.134. The van der Waals surface area contributed by atoms with Crippen molar-refractivity contribution in [3.63, 3.8) is 0 Å². The third-order valence-corrected chi connectivity index (χ3v) is 3.80. The fraction of sp³-hybridized carbons (Fsp3) is 0.625. The third kappa shape index (κ3) is 4.20. The van der Waals surface area contributed by atoms with E-state index in [4.69, 9.17) is 0 Å². The summed E-state index contributed by atoms with van der Waals surface area (Å²) in [6.45, 7) is 9.38. The Morgan fingerprint density at radius 3 is 2.47 bits per heavy atom. The van der Waals surface area contributed by atoms with Gasteiger partial charge in [-0.15, -0.1) is 0 Å². The van der Waals surface area contributed by atoms with Gasteiger partial charge in [0.1, 0.15) is 5.82 Å². The number of halogens is 1. The van der Waals surface area contributed by atoms with E-state index in [2.05, 4.69) is 33.0 Å². The molecule has 0 aromatic heterocycles. The summed E-state index contributed by atoms with van der Waals surface area (Å²) < 4.78 is 14.2. The summed E-state index contributed by atoms with van der Waals surface area (Å²) in [5, 5.41) is 3.38. The number of nitrogens with one attached hydrogen (secondary N) is 1. The fourth-order valence-electron chi connectivity index (χ4n) is 2.07. The van der Waals surface area contributed by atoms with Crippen molar-refractivity contribution in [1.29, 1.82) is 0 Å². The van der Waals surface area contributed by atoms with Gasteiger partial charge in [0.05, 0.1) is 5.69 Å². The molecule has 2 nitrogen and oxygen atoms in total. The van der Waals surface area contributed by atoms with Gasteiger partial charge in [-0.1, -0.05) is 19.9 Å². The summed E-state index contributed by atoms with van der Waals surface area (Å²) in [6.07, 6.45) is 2.09. The smallest absolute Gasteiger partial charge is 0.146 e. The van der Waals surface area contributed by atoms with E-state index >= 15 is 0 Å². The van der Waals surface area contributed by atoms with E-state index in [9.17, 15) is 4.39 Å². The molecule has 0 heterocycles. The Morgan fingerprint density at radius 2 is 1.95 bits per heavy atom. The Bertz CT molecular complexity index is 392. The van der Waals surface area contributed by atoms with Crippen molar-refractivity contribution in [2.75, 3.05) is 18.5 Å². The van der Waals surface area contributed by atoms with Crippen LogP contribution in [0.3, 0.4) is 0 Å². The molecule has 0 saturated carbocycles. The third-order valence-electron chi connectivity index (χ3n) is 3.80. The SMILES string of the molecule is CCCNC(C)c1ccc(N(C)C(C)CC)c(F)c1. The average molecular weight is 266 g/mol. The summed E-state index contributed by atoms with van der Waals surface area (Å²) in [4.78, 5) is 2.00.